The first-order chi connectivity index (χ1) is 8.72. The molecule has 4 bridgehead atoms. The zero-order chi connectivity index (χ0) is 12.5. The Bertz CT molecular complexity index is 259. The van der Waals surface area contributed by atoms with Gasteiger partial charge in [-0.3, -0.25) is 4.90 Å². The molecular formula is C14H26N2O2. The second-order valence-corrected chi connectivity index (χ2v) is 6.27. The fourth-order valence-corrected chi connectivity index (χ4v) is 3.65. The van der Waals surface area contributed by atoms with Crippen molar-refractivity contribution in [2.45, 2.75) is 50.0 Å². The van der Waals surface area contributed by atoms with Crippen molar-refractivity contribution in [3.8, 4) is 0 Å². The SMILES string of the molecule is CN1C2CCC1COC2.CN1CC2CCC(C1)O2. The van der Waals surface area contributed by atoms with Crippen molar-refractivity contribution < 1.29 is 9.47 Å². The molecule has 4 nitrogen and oxygen atoms in total. The fourth-order valence-electron chi connectivity index (χ4n) is 3.65. The number of rotatable bonds is 0. The second kappa shape index (κ2) is 5.45. The smallest absolute Gasteiger partial charge is 0.0707 e. The molecule has 4 heteroatoms. The van der Waals surface area contributed by atoms with Gasteiger partial charge in [0.1, 0.15) is 0 Å². The largest absolute Gasteiger partial charge is 0.378 e. The number of hydrogen-bond acceptors (Lipinski definition) is 4. The summed E-state index contributed by atoms with van der Waals surface area (Å²) < 4.78 is 11.0. The molecule has 4 aliphatic heterocycles. The summed E-state index contributed by atoms with van der Waals surface area (Å²) in [6, 6.07) is 1.48. The number of likely N-dealkylation sites (tertiary alicyclic amines) is 1. The Kier molecular flexibility index (Phi) is 3.89. The molecule has 4 atom stereocenters. The van der Waals surface area contributed by atoms with Crippen molar-refractivity contribution in [2.24, 2.45) is 0 Å². The van der Waals surface area contributed by atoms with Crippen LogP contribution < -0.4 is 0 Å². The topological polar surface area (TPSA) is 24.9 Å². The van der Waals surface area contributed by atoms with E-state index in [0.717, 1.165) is 38.4 Å². The lowest BCUT2D eigenvalue weighted by Gasteiger charge is -2.30. The molecule has 4 rings (SSSR count). The van der Waals surface area contributed by atoms with Crippen LogP contribution in [0.4, 0.5) is 0 Å². The van der Waals surface area contributed by atoms with Crippen molar-refractivity contribution in [1.29, 1.82) is 0 Å². The van der Waals surface area contributed by atoms with Gasteiger partial charge < -0.3 is 14.4 Å². The molecule has 0 aromatic carbocycles. The lowest BCUT2D eigenvalue weighted by molar-refractivity contribution is -0.0293. The molecular weight excluding hydrogens is 228 g/mol. The van der Waals surface area contributed by atoms with Gasteiger partial charge in [-0.05, 0) is 39.8 Å². The number of nitrogens with zero attached hydrogens (tertiary/aromatic N) is 2. The van der Waals surface area contributed by atoms with E-state index in [1.165, 1.54) is 25.7 Å². The number of ether oxygens (including phenoxy) is 2. The van der Waals surface area contributed by atoms with Crippen LogP contribution in [0.1, 0.15) is 25.7 Å². The minimum atomic E-state index is 0.564. The summed E-state index contributed by atoms with van der Waals surface area (Å²) in [6.45, 7) is 4.23. The molecule has 104 valence electrons. The van der Waals surface area contributed by atoms with Gasteiger partial charge in [-0.2, -0.15) is 0 Å². The highest BCUT2D eigenvalue weighted by molar-refractivity contribution is 4.88. The molecule has 0 amide bonds. The van der Waals surface area contributed by atoms with Crippen molar-refractivity contribution in [1.82, 2.24) is 9.80 Å². The Balaban J connectivity index is 0.000000111. The number of hydrogen-bond donors (Lipinski definition) is 0. The van der Waals surface area contributed by atoms with E-state index in [4.69, 9.17) is 9.47 Å². The fraction of sp³-hybridized carbons (Fsp3) is 1.00. The summed E-state index contributed by atoms with van der Waals surface area (Å²) in [5.41, 5.74) is 0. The maximum Gasteiger partial charge on any atom is 0.0707 e. The molecule has 0 aromatic heterocycles. The van der Waals surface area contributed by atoms with E-state index in [1.54, 1.807) is 0 Å². The third-order valence-corrected chi connectivity index (χ3v) is 4.83. The quantitative estimate of drug-likeness (QED) is 0.643. The van der Waals surface area contributed by atoms with Crippen molar-refractivity contribution in [2.75, 3.05) is 40.4 Å². The maximum absolute atomic E-state index is 5.63. The number of likely N-dealkylation sites (N-methyl/N-ethyl adjacent to an activating group) is 2. The standard InChI is InChI=1S/2C7H13NO/c1-8-6-2-3-7(8)5-9-4-6;1-8-4-6-2-3-7(5-8)9-6/h2*6-7H,2-5H2,1H3. The lowest BCUT2D eigenvalue weighted by Crippen LogP contribution is -2.42. The molecule has 0 radical (unpaired) electrons. The Morgan fingerprint density at radius 1 is 0.833 bits per heavy atom. The molecule has 0 spiro atoms. The van der Waals surface area contributed by atoms with Gasteiger partial charge in [0, 0.05) is 25.2 Å². The average molecular weight is 254 g/mol. The van der Waals surface area contributed by atoms with Crippen LogP contribution >= 0.6 is 0 Å². The third kappa shape index (κ3) is 2.72. The molecule has 0 aromatic rings. The molecule has 4 saturated heterocycles. The predicted molar refractivity (Wildman–Crippen MR) is 70.8 cm³/mol. The first-order valence-electron chi connectivity index (χ1n) is 7.36. The zero-order valence-electron chi connectivity index (χ0n) is 11.7. The first kappa shape index (κ1) is 12.9. The van der Waals surface area contributed by atoms with Gasteiger partial charge >= 0.3 is 0 Å². The van der Waals surface area contributed by atoms with Gasteiger partial charge in [0.25, 0.3) is 0 Å². The van der Waals surface area contributed by atoms with Gasteiger partial charge in [-0.15, -0.1) is 0 Å². The van der Waals surface area contributed by atoms with E-state index in [9.17, 15) is 0 Å². The average Bonchev–Trinajstić information content (AvgIpc) is 2.76. The van der Waals surface area contributed by atoms with Crippen LogP contribution in [0, 0.1) is 0 Å². The zero-order valence-corrected chi connectivity index (χ0v) is 11.7. The molecule has 4 aliphatic rings. The van der Waals surface area contributed by atoms with Crippen LogP contribution in [0.3, 0.4) is 0 Å². The predicted octanol–water partition coefficient (Wildman–Crippen LogP) is 0.959. The molecule has 4 fully saturated rings. The van der Waals surface area contributed by atoms with E-state index in [0.29, 0.717) is 12.2 Å². The normalized spacial score (nSPS) is 43.7. The van der Waals surface area contributed by atoms with Gasteiger partial charge in [0.2, 0.25) is 0 Å². The summed E-state index contributed by atoms with van der Waals surface area (Å²) in [4.78, 5) is 4.83. The van der Waals surface area contributed by atoms with E-state index in [-0.39, 0.29) is 0 Å². The van der Waals surface area contributed by atoms with Crippen LogP contribution in [0.2, 0.25) is 0 Å². The van der Waals surface area contributed by atoms with E-state index in [2.05, 4.69) is 23.9 Å². The molecule has 4 unspecified atom stereocenters. The maximum atomic E-state index is 5.63. The van der Waals surface area contributed by atoms with E-state index in [1.807, 2.05) is 0 Å². The van der Waals surface area contributed by atoms with Gasteiger partial charge in [0.05, 0.1) is 25.4 Å². The van der Waals surface area contributed by atoms with E-state index >= 15 is 0 Å². The molecule has 0 saturated carbocycles. The number of morpholine rings is 2. The molecule has 4 heterocycles. The van der Waals surface area contributed by atoms with Crippen molar-refractivity contribution in [3.05, 3.63) is 0 Å². The minimum absolute atomic E-state index is 0.564. The molecule has 0 aliphatic carbocycles. The highest BCUT2D eigenvalue weighted by atomic mass is 16.5. The second-order valence-electron chi connectivity index (χ2n) is 6.27. The van der Waals surface area contributed by atoms with Crippen LogP contribution in [0.15, 0.2) is 0 Å². The van der Waals surface area contributed by atoms with E-state index < -0.39 is 0 Å². The van der Waals surface area contributed by atoms with Gasteiger partial charge in [-0.25, -0.2) is 0 Å². The molecule has 18 heavy (non-hydrogen) atoms. The minimum Gasteiger partial charge on any atom is -0.378 e. The summed E-state index contributed by atoms with van der Waals surface area (Å²) in [7, 11) is 4.39. The third-order valence-electron chi connectivity index (χ3n) is 4.83. The van der Waals surface area contributed by atoms with Crippen LogP contribution in [-0.2, 0) is 9.47 Å². The highest BCUT2D eigenvalue weighted by Gasteiger charge is 2.34. The molecule has 0 N–H and O–H groups in total. The van der Waals surface area contributed by atoms with Gasteiger partial charge in [-0.1, -0.05) is 0 Å². The number of fused-ring (bicyclic) bond motifs is 4. The summed E-state index contributed by atoms with van der Waals surface area (Å²) in [5.74, 6) is 0. The van der Waals surface area contributed by atoms with Crippen LogP contribution in [0.25, 0.3) is 0 Å². The summed E-state index contributed by atoms with van der Waals surface area (Å²) in [5, 5.41) is 0. The first-order valence-corrected chi connectivity index (χ1v) is 7.36. The Morgan fingerprint density at radius 3 is 1.89 bits per heavy atom. The Morgan fingerprint density at radius 2 is 1.39 bits per heavy atom. The Labute approximate surface area is 110 Å². The monoisotopic (exact) mass is 254 g/mol. The van der Waals surface area contributed by atoms with Crippen LogP contribution in [0.5, 0.6) is 0 Å². The lowest BCUT2D eigenvalue weighted by atomic mass is 10.2. The van der Waals surface area contributed by atoms with Gasteiger partial charge in [0.15, 0.2) is 0 Å². The summed E-state index contributed by atoms with van der Waals surface area (Å²) in [6.07, 6.45) is 6.40. The van der Waals surface area contributed by atoms with Crippen LogP contribution in [-0.4, -0.2) is 74.5 Å². The Hall–Kier alpha value is -0.160. The highest BCUT2D eigenvalue weighted by Crippen LogP contribution is 2.26. The summed E-state index contributed by atoms with van der Waals surface area (Å²) >= 11 is 0. The van der Waals surface area contributed by atoms with Crippen molar-refractivity contribution in [3.63, 3.8) is 0 Å². The van der Waals surface area contributed by atoms with Crippen molar-refractivity contribution >= 4 is 0 Å².